The summed E-state index contributed by atoms with van der Waals surface area (Å²) in [6, 6.07) is -0.257. The van der Waals surface area contributed by atoms with E-state index in [1.807, 2.05) is 13.8 Å². The minimum atomic E-state index is -0.269. The number of fused-ring (bicyclic) bond motifs is 1. The Morgan fingerprint density at radius 1 is 1.50 bits per heavy atom. The Hall–Kier alpha value is -1.47. The van der Waals surface area contributed by atoms with E-state index < -0.39 is 0 Å². The van der Waals surface area contributed by atoms with Gasteiger partial charge in [0.1, 0.15) is 5.56 Å². The smallest absolute Gasteiger partial charge is 0.257 e. The summed E-state index contributed by atoms with van der Waals surface area (Å²) in [6.07, 6.45) is 5.55. The normalized spacial score (nSPS) is 12.8. The molecule has 2 heterocycles. The molecular weight excluding hydrogens is 324 g/mol. The van der Waals surface area contributed by atoms with Crippen LogP contribution in [0.5, 0.6) is 0 Å². The molecule has 0 bridgehead atoms. The maximum atomic E-state index is 12.2. The summed E-state index contributed by atoms with van der Waals surface area (Å²) in [5, 5.41) is 16.2. The van der Waals surface area contributed by atoms with E-state index in [1.165, 1.54) is 10.7 Å². The van der Waals surface area contributed by atoms with Gasteiger partial charge in [-0.2, -0.15) is 5.10 Å². The molecule has 2 aromatic heterocycles. The van der Waals surface area contributed by atoms with E-state index in [2.05, 4.69) is 31.3 Å². The van der Waals surface area contributed by atoms with Crippen molar-refractivity contribution >= 4 is 27.5 Å². The Morgan fingerprint density at radius 2 is 2.25 bits per heavy atom. The summed E-state index contributed by atoms with van der Waals surface area (Å²) in [7, 11) is 0. The molecule has 2 aromatic rings. The van der Waals surface area contributed by atoms with E-state index >= 15 is 0 Å². The zero-order chi connectivity index (χ0) is 14.7. The first-order chi connectivity index (χ1) is 9.51. The maximum absolute atomic E-state index is 12.2. The summed E-state index contributed by atoms with van der Waals surface area (Å²) in [4.78, 5) is 16.4. The second-order valence-corrected chi connectivity index (χ2v) is 6.00. The zero-order valence-corrected chi connectivity index (χ0v) is 13.0. The third-order valence-corrected chi connectivity index (χ3v) is 3.29. The van der Waals surface area contributed by atoms with Crippen molar-refractivity contribution in [1.82, 2.24) is 19.9 Å². The number of hydrogen-bond donors (Lipinski definition) is 2. The van der Waals surface area contributed by atoms with Crippen LogP contribution in [0.2, 0.25) is 0 Å². The van der Waals surface area contributed by atoms with Gasteiger partial charge in [0.05, 0.1) is 23.3 Å². The van der Waals surface area contributed by atoms with E-state index in [-0.39, 0.29) is 18.6 Å². The third-order valence-electron chi connectivity index (χ3n) is 2.88. The van der Waals surface area contributed by atoms with Gasteiger partial charge in [-0.05, 0) is 28.3 Å². The standard InChI is InChI=1S/C13H17BrN4O2/c1-8(2)3-10(7-19)17-13(20)11-5-16-18-6-9(14)4-15-12(11)18/h4-6,8,10,19H,3,7H2,1-2H3,(H,17,20). The number of halogens is 1. The molecule has 0 aliphatic carbocycles. The Labute approximate surface area is 125 Å². The zero-order valence-electron chi connectivity index (χ0n) is 11.4. The molecule has 0 aliphatic heterocycles. The van der Waals surface area contributed by atoms with Gasteiger partial charge in [-0.25, -0.2) is 9.50 Å². The Bertz CT molecular complexity index is 611. The van der Waals surface area contributed by atoms with Crippen molar-refractivity contribution in [3.8, 4) is 0 Å². The quantitative estimate of drug-likeness (QED) is 0.866. The number of carbonyl (C=O) groups excluding carboxylic acids is 1. The highest BCUT2D eigenvalue weighted by atomic mass is 79.9. The summed E-state index contributed by atoms with van der Waals surface area (Å²) in [5.74, 6) is 0.125. The number of aromatic nitrogens is 3. The van der Waals surface area contributed by atoms with Gasteiger partial charge in [-0.15, -0.1) is 0 Å². The molecular formula is C13H17BrN4O2. The predicted molar refractivity (Wildman–Crippen MR) is 78.5 cm³/mol. The fraction of sp³-hybridized carbons (Fsp3) is 0.462. The highest BCUT2D eigenvalue weighted by Gasteiger charge is 2.18. The van der Waals surface area contributed by atoms with Crippen molar-refractivity contribution in [3.05, 3.63) is 28.6 Å². The van der Waals surface area contributed by atoms with Gasteiger partial charge in [0.2, 0.25) is 0 Å². The first kappa shape index (κ1) is 14.9. The van der Waals surface area contributed by atoms with Crippen LogP contribution in [0.1, 0.15) is 30.6 Å². The van der Waals surface area contributed by atoms with Crippen LogP contribution in [0.4, 0.5) is 0 Å². The molecule has 0 spiro atoms. The van der Waals surface area contributed by atoms with Crippen LogP contribution in [-0.2, 0) is 0 Å². The molecule has 1 amide bonds. The van der Waals surface area contributed by atoms with Crippen LogP contribution in [0.25, 0.3) is 5.65 Å². The molecule has 2 rings (SSSR count). The molecule has 7 heteroatoms. The molecule has 0 radical (unpaired) electrons. The molecule has 0 saturated carbocycles. The van der Waals surface area contributed by atoms with E-state index in [0.29, 0.717) is 17.1 Å². The summed E-state index contributed by atoms with van der Waals surface area (Å²) in [5.41, 5.74) is 0.895. The molecule has 0 aliphatic rings. The average Bonchev–Trinajstić information content (AvgIpc) is 2.80. The maximum Gasteiger partial charge on any atom is 0.257 e. The molecule has 1 atom stereocenters. The number of nitrogens with one attached hydrogen (secondary N) is 1. The number of carbonyl (C=O) groups is 1. The summed E-state index contributed by atoms with van der Waals surface area (Å²) < 4.78 is 2.32. The SMILES string of the molecule is CC(C)CC(CO)NC(=O)c1cnn2cc(Br)cnc12. The Balaban J connectivity index is 2.18. The lowest BCUT2D eigenvalue weighted by atomic mass is 10.0. The van der Waals surface area contributed by atoms with Gasteiger partial charge in [-0.3, -0.25) is 4.79 Å². The highest BCUT2D eigenvalue weighted by Crippen LogP contribution is 2.13. The van der Waals surface area contributed by atoms with Crippen LogP contribution >= 0.6 is 15.9 Å². The lowest BCUT2D eigenvalue weighted by Crippen LogP contribution is -2.38. The van der Waals surface area contributed by atoms with Crippen LogP contribution in [-0.4, -0.2) is 38.3 Å². The average molecular weight is 341 g/mol. The van der Waals surface area contributed by atoms with Gasteiger partial charge >= 0.3 is 0 Å². The number of nitrogens with zero attached hydrogens (tertiary/aromatic N) is 3. The number of rotatable bonds is 5. The van der Waals surface area contributed by atoms with Crippen LogP contribution in [0, 0.1) is 5.92 Å². The van der Waals surface area contributed by atoms with Crippen molar-refractivity contribution in [2.75, 3.05) is 6.61 Å². The molecule has 1 unspecified atom stereocenters. The monoisotopic (exact) mass is 340 g/mol. The van der Waals surface area contributed by atoms with Crippen molar-refractivity contribution in [2.45, 2.75) is 26.3 Å². The van der Waals surface area contributed by atoms with Crippen LogP contribution in [0.3, 0.4) is 0 Å². The van der Waals surface area contributed by atoms with Gasteiger partial charge in [0, 0.05) is 12.4 Å². The minimum absolute atomic E-state index is 0.0812. The Morgan fingerprint density at radius 3 is 2.90 bits per heavy atom. The fourth-order valence-electron chi connectivity index (χ4n) is 2.02. The van der Waals surface area contributed by atoms with Crippen molar-refractivity contribution in [2.24, 2.45) is 5.92 Å². The van der Waals surface area contributed by atoms with Crippen LogP contribution in [0.15, 0.2) is 23.1 Å². The molecule has 0 saturated heterocycles. The lowest BCUT2D eigenvalue weighted by Gasteiger charge is -2.17. The van der Waals surface area contributed by atoms with Crippen molar-refractivity contribution in [3.63, 3.8) is 0 Å². The molecule has 2 N–H and O–H groups in total. The van der Waals surface area contributed by atoms with Gasteiger partial charge in [0.15, 0.2) is 5.65 Å². The van der Waals surface area contributed by atoms with Gasteiger partial charge in [0.25, 0.3) is 5.91 Å². The number of hydrogen-bond acceptors (Lipinski definition) is 4. The summed E-state index contributed by atoms with van der Waals surface area (Å²) >= 11 is 3.30. The minimum Gasteiger partial charge on any atom is -0.394 e. The highest BCUT2D eigenvalue weighted by molar-refractivity contribution is 9.10. The Kier molecular flexibility index (Phi) is 4.72. The predicted octanol–water partition coefficient (Wildman–Crippen LogP) is 1.63. The second-order valence-electron chi connectivity index (χ2n) is 5.08. The van der Waals surface area contributed by atoms with Crippen LogP contribution < -0.4 is 5.32 Å². The number of amides is 1. The van der Waals surface area contributed by atoms with E-state index in [0.717, 1.165) is 10.9 Å². The topological polar surface area (TPSA) is 79.5 Å². The second kappa shape index (κ2) is 6.32. The molecule has 20 heavy (non-hydrogen) atoms. The van der Waals surface area contributed by atoms with E-state index in [1.54, 1.807) is 12.4 Å². The van der Waals surface area contributed by atoms with E-state index in [4.69, 9.17) is 0 Å². The van der Waals surface area contributed by atoms with Crippen molar-refractivity contribution < 1.29 is 9.90 Å². The first-order valence-electron chi connectivity index (χ1n) is 6.42. The fourth-order valence-corrected chi connectivity index (χ4v) is 2.32. The first-order valence-corrected chi connectivity index (χ1v) is 7.21. The van der Waals surface area contributed by atoms with E-state index in [9.17, 15) is 9.90 Å². The van der Waals surface area contributed by atoms with Crippen molar-refractivity contribution in [1.29, 1.82) is 0 Å². The number of aliphatic hydroxyl groups excluding tert-OH is 1. The molecule has 0 aromatic carbocycles. The number of aliphatic hydroxyl groups is 1. The largest absolute Gasteiger partial charge is 0.394 e. The van der Waals surface area contributed by atoms with Gasteiger partial charge < -0.3 is 10.4 Å². The molecule has 0 fully saturated rings. The summed E-state index contributed by atoms with van der Waals surface area (Å²) in [6.45, 7) is 4.01. The lowest BCUT2D eigenvalue weighted by molar-refractivity contribution is 0.0910. The molecule has 6 nitrogen and oxygen atoms in total. The third kappa shape index (κ3) is 3.34. The molecule has 108 valence electrons. The van der Waals surface area contributed by atoms with Gasteiger partial charge in [-0.1, -0.05) is 13.8 Å².